The number of fused-ring (bicyclic) bond motifs is 1. The maximum Gasteiger partial charge on any atom is 0.191 e. The molecule has 0 bridgehead atoms. The van der Waals surface area contributed by atoms with Gasteiger partial charge in [-0.2, -0.15) is 11.8 Å². The molecule has 0 saturated carbocycles. The van der Waals surface area contributed by atoms with Gasteiger partial charge < -0.3 is 15.5 Å². The number of nitrogens with zero attached hydrogens (tertiary/aromatic N) is 3. The largest absolute Gasteiger partial charge is 0.363 e. The summed E-state index contributed by atoms with van der Waals surface area (Å²) in [5.41, 5.74) is 2.24. The molecule has 1 heterocycles. The van der Waals surface area contributed by atoms with Crippen LogP contribution in [0, 0.1) is 0 Å². The second-order valence-corrected chi connectivity index (χ2v) is 7.09. The molecule has 2 rings (SSSR count). The Morgan fingerprint density at radius 3 is 2.65 bits per heavy atom. The van der Waals surface area contributed by atoms with E-state index in [4.69, 9.17) is 4.98 Å². The van der Waals surface area contributed by atoms with Gasteiger partial charge in [-0.15, -0.1) is 24.0 Å². The predicted molar refractivity (Wildman–Crippen MR) is 127 cm³/mol. The molecular weight excluding hydrogens is 457 g/mol. The molecule has 1 aromatic carbocycles. The lowest BCUT2D eigenvalue weighted by Gasteiger charge is -2.17. The number of aliphatic imine (C=N–C) groups is 1. The number of thioether (sulfide) groups is 1. The minimum atomic E-state index is 0. The van der Waals surface area contributed by atoms with Gasteiger partial charge in [0.1, 0.15) is 5.82 Å². The van der Waals surface area contributed by atoms with Crippen molar-refractivity contribution in [2.75, 3.05) is 44.6 Å². The van der Waals surface area contributed by atoms with Crippen LogP contribution in [0.25, 0.3) is 10.9 Å². The van der Waals surface area contributed by atoms with Gasteiger partial charge in [0, 0.05) is 39.6 Å². The third-order valence-corrected chi connectivity index (χ3v) is 4.68. The maximum absolute atomic E-state index is 4.71. The molecule has 144 valence electrons. The molecule has 2 N–H and O–H groups in total. The number of hydrogen-bond acceptors (Lipinski definition) is 4. The van der Waals surface area contributed by atoms with Crippen molar-refractivity contribution < 1.29 is 0 Å². The van der Waals surface area contributed by atoms with Gasteiger partial charge in [0.15, 0.2) is 5.96 Å². The number of unbranched alkanes of at least 4 members (excludes halogenated alkanes) is 1. The Hall–Kier alpha value is -1.22. The lowest BCUT2D eigenvalue weighted by Crippen LogP contribution is -2.37. The highest BCUT2D eigenvalue weighted by atomic mass is 127. The quantitative estimate of drug-likeness (QED) is 0.257. The first-order valence-corrected chi connectivity index (χ1v) is 10.0. The van der Waals surface area contributed by atoms with Crippen LogP contribution in [-0.2, 0) is 6.54 Å². The number of nitrogens with one attached hydrogen (secondary N) is 2. The molecule has 0 spiro atoms. The SMILES string of the molecule is CN=C(NCCCCSC)NCc1cc(N(C)C)nc2ccccc12.I. The van der Waals surface area contributed by atoms with E-state index in [0.717, 1.165) is 30.3 Å². The van der Waals surface area contributed by atoms with Gasteiger partial charge in [0.25, 0.3) is 0 Å². The van der Waals surface area contributed by atoms with E-state index in [9.17, 15) is 0 Å². The molecule has 0 aliphatic heterocycles. The lowest BCUT2D eigenvalue weighted by molar-refractivity contribution is 0.733. The van der Waals surface area contributed by atoms with Crippen molar-refractivity contribution in [2.45, 2.75) is 19.4 Å². The highest BCUT2D eigenvalue weighted by molar-refractivity contribution is 14.0. The standard InChI is InChI=1S/C19H29N5S.HI/c1-20-19(21-11-7-8-12-25-4)22-14-15-13-18(24(2)3)23-17-10-6-5-9-16(15)17;/h5-6,9-10,13H,7-8,11-12,14H2,1-4H3,(H2,20,21,22);1H. The van der Waals surface area contributed by atoms with Crippen molar-refractivity contribution >= 4 is 58.4 Å². The first-order chi connectivity index (χ1) is 12.2. The Morgan fingerprint density at radius 2 is 1.96 bits per heavy atom. The van der Waals surface area contributed by atoms with Crippen LogP contribution < -0.4 is 15.5 Å². The third-order valence-electron chi connectivity index (χ3n) is 3.98. The zero-order valence-corrected chi connectivity index (χ0v) is 19.2. The average Bonchev–Trinajstić information content (AvgIpc) is 2.63. The summed E-state index contributed by atoms with van der Waals surface area (Å²) in [6.45, 7) is 1.66. The van der Waals surface area contributed by atoms with E-state index in [1.54, 1.807) is 0 Å². The van der Waals surface area contributed by atoms with E-state index in [1.807, 2.05) is 43.9 Å². The summed E-state index contributed by atoms with van der Waals surface area (Å²) in [7, 11) is 5.85. The molecule has 5 nitrogen and oxygen atoms in total. The summed E-state index contributed by atoms with van der Waals surface area (Å²) < 4.78 is 0. The first kappa shape index (κ1) is 22.8. The van der Waals surface area contributed by atoms with E-state index < -0.39 is 0 Å². The van der Waals surface area contributed by atoms with Crippen molar-refractivity contribution in [2.24, 2.45) is 4.99 Å². The fourth-order valence-corrected chi connectivity index (χ4v) is 3.08. The molecule has 2 aromatic rings. The Balaban J connectivity index is 0.00000338. The van der Waals surface area contributed by atoms with Gasteiger partial charge in [-0.1, -0.05) is 18.2 Å². The van der Waals surface area contributed by atoms with Gasteiger partial charge in [0.05, 0.1) is 5.52 Å². The minimum absolute atomic E-state index is 0. The number of pyridine rings is 1. The average molecular weight is 487 g/mol. The van der Waals surface area contributed by atoms with Crippen molar-refractivity contribution in [1.29, 1.82) is 0 Å². The van der Waals surface area contributed by atoms with Crippen LogP contribution in [0.1, 0.15) is 18.4 Å². The normalized spacial score (nSPS) is 11.2. The fraction of sp³-hybridized carbons (Fsp3) is 0.474. The Morgan fingerprint density at radius 1 is 1.19 bits per heavy atom. The Bertz CT molecular complexity index is 705. The molecule has 7 heteroatoms. The van der Waals surface area contributed by atoms with E-state index in [-0.39, 0.29) is 24.0 Å². The molecule has 0 aliphatic carbocycles. The van der Waals surface area contributed by atoms with Gasteiger partial charge in [0.2, 0.25) is 0 Å². The van der Waals surface area contributed by atoms with E-state index in [2.05, 4.69) is 46.1 Å². The monoisotopic (exact) mass is 487 g/mol. The van der Waals surface area contributed by atoms with E-state index in [1.165, 1.54) is 23.1 Å². The molecule has 0 aliphatic rings. The molecule has 0 radical (unpaired) electrons. The number of aromatic nitrogens is 1. The zero-order chi connectivity index (χ0) is 18.1. The van der Waals surface area contributed by atoms with Gasteiger partial charge in [-0.05, 0) is 42.5 Å². The third kappa shape index (κ3) is 6.83. The van der Waals surface area contributed by atoms with Crippen molar-refractivity contribution in [3.8, 4) is 0 Å². The Kier molecular flexibility index (Phi) is 10.7. The number of rotatable bonds is 8. The van der Waals surface area contributed by atoms with Crippen molar-refractivity contribution in [3.05, 3.63) is 35.9 Å². The first-order valence-electron chi connectivity index (χ1n) is 8.65. The number of para-hydroxylation sites is 1. The summed E-state index contributed by atoms with van der Waals surface area (Å²) >= 11 is 1.89. The zero-order valence-electron chi connectivity index (χ0n) is 16.1. The second-order valence-electron chi connectivity index (χ2n) is 6.10. The minimum Gasteiger partial charge on any atom is -0.363 e. The lowest BCUT2D eigenvalue weighted by atomic mass is 10.1. The van der Waals surface area contributed by atoms with Crippen molar-refractivity contribution in [1.82, 2.24) is 15.6 Å². The van der Waals surface area contributed by atoms with Crippen LogP contribution in [0.2, 0.25) is 0 Å². The molecule has 1 aromatic heterocycles. The number of guanidine groups is 1. The van der Waals surface area contributed by atoms with Crippen molar-refractivity contribution in [3.63, 3.8) is 0 Å². The van der Waals surface area contributed by atoms with Crippen LogP contribution in [0.3, 0.4) is 0 Å². The van der Waals surface area contributed by atoms with E-state index >= 15 is 0 Å². The number of anilines is 1. The second kappa shape index (κ2) is 12.2. The van der Waals surface area contributed by atoms with Gasteiger partial charge >= 0.3 is 0 Å². The fourth-order valence-electron chi connectivity index (χ4n) is 2.59. The summed E-state index contributed by atoms with van der Waals surface area (Å²) in [5.74, 6) is 3.02. The molecule has 0 saturated heterocycles. The number of halogens is 1. The van der Waals surface area contributed by atoms with Crippen LogP contribution in [0.4, 0.5) is 5.82 Å². The van der Waals surface area contributed by atoms with Crippen LogP contribution in [0.15, 0.2) is 35.3 Å². The Labute approximate surface area is 178 Å². The molecule has 26 heavy (non-hydrogen) atoms. The summed E-state index contributed by atoms with van der Waals surface area (Å²) in [5, 5.41) is 7.99. The highest BCUT2D eigenvalue weighted by Crippen LogP contribution is 2.21. The highest BCUT2D eigenvalue weighted by Gasteiger charge is 2.07. The maximum atomic E-state index is 4.71. The summed E-state index contributed by atoms with van der Waals surface area (Å²) in [6, 6.07) is 10.4. The number of benzene rings is 1. The summed E-state index contributed by atoms with van der Waals surface area (Å²) in [6.07, 6.45) is 4.53. The van der Waals surface area contributed by atoms with Crippen LogP contribution in [-0.4, -0.2) is 50.6 Å². The predicted octanol–water partition coefficient (Wildman–Crippen LogP) is 3.73. The summed E-state index contributed by atoms with van der Waals surface area (Å²) in [4.78, 5) is 11.1. The van der Waals surface area contributed by atoms with Gasteiger partial charge in [-0.3, -0.25) is 4.99 Å². The molecule has 0 fully saturated rings. The van der Waals surface area contributed by atoms with Crippen LogP contribution in [0.5, 0.6) is 0 Å². The van der Waals surface area contributed by atoms with Gasteiger partial charge in [-0.25, -0.2) is 4.98 Å². The smallest absolute Gasteiger partial charge is 0.191 e. The number of hydrogen-bond donors (Lipinski definition) is 2. The topological polar surface area (TPSA) is 52.6 Å². The molecule has 0 unspecified atom stereocenters. The molecule has 0 atom stereocenters. The van der Waals surface area contributed by atoms with E-state index in [0.29, 0.717) is 6.54 Å². The molecule has 0 amide bonds. The van der Waals surface area contributed by atoms with Crippen LogP contribution >= 0.6 is 35.7 Å². The molecular formula is C19H30IN5S.